The van der Waals surface area contributed by atoms with Crippen LogP contribution in [0.5, 0.6) is 0 Å². The highest BCUT2D eigenvalue weighted by Gasteiger charge is 1.94. The maximum absolute atomic E-state index is 5.24. The monoisotopic (exact) mass is 133 g/mol. The SMILES string of the molecule is CC(CN)NC(N)=S. The third-order valence-electron chi connectivity index (χ3n) is 0.742. The summed E-state index contributed by atoms with van der Waals surface area (Å²) in [6.07, 6.45) is 0. The highest BCUT2D eigenvalue weighted by molar-refractivity contribution is 7.80. The topological polar surface area (TPSA) is 64.1 Å². The van der Waals surface area contributed by atoms with Gasteiger partial charge in [0.25, 0.3) is 0 Å². The van der Waals surface area contributed by atoms with Crippen LogP contribution >= 0.6 is 12.2 Å². The van der Waals surface area contributed by atoms with Gasteiger partial charge in [0.15, 0.2) is 5.11 Å². The molecule has 0 aromatic carbocycles. The van der Waals surface area contributed by atoms with E-state index >= 15 is 0 Å². The van der Waals surface area contributed by atoms with Gasteiger partial charge in [0.1, 0.15) is 0 Å². The molecule has 0 amide bonds. The number of nitrogens with two attached hydrogens (primary N) is 2. The lowest BCUT2D eigenvalue weighted by Gasteiger charge is -2.08. The lowest BCUT2D eigenvalue weighted by atomic mass is 10.3. The zero-order valence-electron chi connectivity index (χ0n) is 4.85. The molecule has 0 aliphatic rings. The molecule has 0 saturated heterocycles. The van der Waals surface area contributed by atoms with Gasteiger partial charge >= 0.3 is 0 Å². The normalized spacial score (nSPS) is 12.8. The van der Waals surface area contributed by atoms with Crippen LogP contribution in [0.1, 0.15) is 6.92 Å². The van der Waals surface area contributed by atoms with Crippen molar-refractivity contribution in [1.29, 1.82) is 0 Å². The Morgan fingerprint density at radius 3 is 2.50 bits per heavy atom. The second-order valence-corrected chi connectivity index (χ2v) is 2.09. The van der Waals surface area contributed by atoms with Crippen molar-refractivity contribution in [1.82, 2.24) is 5.32 Å². The summed E-state index contributed by atoms with van der Waals surface area (Å²) in [5.74, 6) is 0. The van der Waals surface area contributed by atoms with E-state index in [0.29, 0.717) is 11.7 Å². The third kappa shape index (κ3) is 3.83. The highest BCUT2D eigenvalue weighted by atomic mass is 32.1. The zero-order valence-corrected chi connectivity index (χ0v) is 5.66. The second kappa shape index (κ2) is 3.63. The fraction of sp³-hybridized carbons (Fsp3) is 0.750. The van der Waals surface area contributed by atoms with E-state index in [9.17, 15) is 0 Å². The quantitative estimate of drug-likeness (QED) is 0.430. The number of nitrogens with one attached hydrogen (secondary N) is 1. The van der Waals surface area contributed by atoms with Crippen LogP contribution in [-0.4, -0.2) is 17.7 Å². The molecule has 48 valence electrons. The highest BCUT2D eigenvalue weighted by Crippen LogP contribution is 1.72. The predicted molar refractivity (Wildman–Crippen MR) is 38.4 cm³/mol. The van der Waals surface area contributed by atoms with Crippen LogP contribution in [-0.2, 0) is 0 Å². The molecule has 0 rings (SSSR count). The molecule has 0 aliphatic carbocycles. The van der Waals surface area contributed by atoms with E-state index in [0.717, 1.165) is 0 Å². The number of rotatable bonds is 2. The molecule has 0 aliphatic heterocycles. The van der Waals surface area contributed by atoms with Crippen LogP contribution in [0.2, 0.25) is 0 Å². The van der Waals surface area contributed by atoms with E-state index in [1.54, 1.807) is 0 Å². The van der Waals surface area contributed by atoms with E-state index < -0.39 is 0 Å². The Balaban J connectivity index is 3.24. The molecule has 0 spiro atoms. The molecule has 1 unspecified atom stereocenters. The van der Waals surface area contributed by atoms with Crippen molar-refractivity contribution in [2.75, 3.05) is 6.54 Å². The second-order valence-electron chi connectivity index (χ2n) is 1.65. The smallest absolute Gasteiger partial charge is 0.163 e. The van der Waals surface area contributed by atoms with E-state index in [1.807, 2.05) is 6.92 Å². The van der Waals surface area contributed by atoms with Gasteiger partial charge in [-0.15, -0.1) is 0 Å². The Morgan fingerprint density at radius 2 is 2.38 bits per heavy atom. The first kappa shape index (κ1) is 7.65. The summed E-state index contributed by atoms with van der Waals surface area (Å²) in [6, 6.07) is 0.187. The molecule has 0 radical (unpaired) electrons. The summed E-state index contributed by atoms with van der Waals surface area (Å²) in [6.45, 7) is 2.47. The Morgan fingerprint density at radius 1 is 1.88 bits per heavy atom. The van der Waals surface area contributed by atoms with Gasteiger partial charge in [0.2, 0.25) is 0 Å². The van der Waals surface area contributed by atoms with Crippen LogP contribution in [0.4, 0.5) is 0 Å². The molecular formula is C4H11N3S. The van der Waals surface area contributed by atoms with Gasteiger partial charge in [0, 0.05) is 12.6 Å². The van der Waals surface area contributed by atoms with Crippen LogP contribution in [0, 0.1) is 0 Å². The van der Waals surface area contributed by atoms with Crippen molar-refractivity contribution >= 4 is 17.3 Å². The van der Waals surface area contributed by atoms with E-state index in [1.165, 1.54) is 0 Å². The zero-order chi connectivity index (χ0) is 6.57. The minimum atomic E-state index is 0.187. The average molecular weight is 133 g/mol. The van der Waals surface area contributed by atoms with Gasteiger partial charge in [-0.05, 0) is 19.1 Å². The Labute approximate surface area is 54.4 Å². The minimum Gasteiger partial charge on any atom is -0.376 e. The average Bonchev–Trinajstić information content (AvgIpc) is 1.65. The molecule has 0 aromatic rings. The molecule has 0 bridgehead atoms. The summed E-state index contributed by atoms with van der Waals surface area (Å²) in [5, 5.41) is 3.08. The summed E-state index contributed by atoms with van der Waals surface area (Å²) >= 11 is 4.55. The Bertz CT molecular complexity index is 83.4. The third-order valence-corrected chi connectivity index (χ3v) is 0.860. The van der Waals surface area contributed by atoms with Crippen molar-refractivity contribution in [2.45, 2.75) is 13.0 Å². The summed E-state index contributed by atoms with van der Waals surface area (Å²) in [4.78, 5) is 0. The Kier molecular flexibility index (Phi) is 3.47. The molecule has 4 heteroatoms. The maximum Gasteiger partial charge on any atom is 0.163 e. The molecule has 0 saturated carbocycles. The van der Waals surface area contributed by atoms with Crippen molar-refractivity contribution in [3.8, 4) is 0 Å². The first-order valence-corrected chi connectivity index (χ1v) is 2.83. The molecule has 8 heavy (non-hydrogen) atoms. The van der Waals surface area contributed by atoms with Gasteiger partial charge in [-0.3, -0.25) is 0 Å². The lowest BCUT2D eigenvalue weighted by molar-refractivity contribution is 0.676. The van der Waals surface area contributed by atoms with E-state index in [-0.39, 0.29) is 6.04 Å². The molecule has 3 nitrogen and oxygen atoms in total. The largest absolute Gasteiger partial charge is 0.376 e. The first-order chi connectivity index (χ1) is 3.66. The van der Waals surface area contributed by atoms with Crippen molar-refractivity contribution in [3.63, 3.8) is 0 Å². The summed E-state index contributed by atoms with van der Waals surface area (Å²) in [7, 11) is 0. The Hall–Kier alpha value is -0.350. The lowest BCUT2D eigenvalue weighted by Crippen LogP contribution is -2.40. The molecular weight excluding hydrogens is 122 g/mol. The fourth-order valence-corrected chi connectivity index (χ4v) is 0.503. The number of thiocarbonyl (C=S) groups is 1. The van der Waals surface area contributed by atoms with Gasteiger partial charge in [-0.1, -0.05) is 0 Å². The number of hydrogen-bond acceptors (Lipinski definition) is 2. The van der Waals surface area contributed by atoms with Crippen LogP contribution < -0.4 is 16.8 Å². The summed E-state index contributed by atoms with van der Waals surface area (Å²) < 4.78 is 0. The fourth-order valence-electron chi connectivity index (χ4n) is 0.302. The van der Waals surface area contributed by atoms with Crippen molar-refractivity contribution in [3.05, 3.63) is 0 Å². The minimum absolute atomic E-state index is 0.187. The first-order valence-electron chi connectivity index (χ1n) is 2.43. The van der Waals surface area contributed by atoms with Crippen LogP contribution in [0.3, 0.4) is 0 Å². The molecule has 1 atom stereocenters. The van der Waals surface area contributed by atoms with Crippen molar-refractivity contribution < 1.29 is 0 Å². The number of hydrogen-bond donors (Lipinski definition) is 3. The molecule has 0 aromatic heterocycles. The van der Waals surface area contributed by atoms with E-state index in [2.05, 4.69) is 17.5 Å². The molecule has 5 N–H and O–H groups in total. The van der Waals surface area contributed by atoms with Crippen LogP contribution in [0.15, 0.2) is 0 Å². The van der Waals surface area contributed by atoms with Gasteiger partial charge in [-0.2, -0.15) is 0 Å². The summed E-state index contributed by atoms with van der Waals surface area (Å²) in [5.41, 5.74) is 10.4. The molecule has 0 heterocycles. The van der Waals surface area contributed by atoms with Crippen LogP contribution in [0.25, 0.3) is 0 Å². The molecule has 0 fully saturated rings. The van der Waals surface area contributed by atoms with Crippen molar-refractivity contribution in [2.24, 2.45) is 11.5 Å². The standard InChI is InChI=1S/C4H11N3S/c1-3(2-5)7-4(6)8/h3H,2,5H2,1H3,(H3,6,7,8). The predicted octanol–water partition coefficient (Wildman–Crippen LogP) is -0.833. The van der Waals surface area contributed by atoms with Gasteiger partial charge in [-0.25, -0.2) is 0 Å². The maximum atomic E-state index is 5.24. The van der Waals surface area contributed by atoms with E-state index in [4.69, 9.17) is 11.5 Å². The van der Waals surface area contributed by atoms with Gasteiger partial charge in [0.05, 0.1) is 0 Å². The van der Waals surface area contributed by atoms with Gasteiger partial charge < -0.3 is 16.8 Å².